The number of hydrogen-bond donors (Lipinski definition) is 0. The predicted octanol–water partition coefficient (Wildman–Crippen LogP) is 2.48. The number of likely N-dealkylation sites (N-methyl/N-ethyl adjacent to an activating group) is 1. The summed E-state index contributed by atoms with van der Waals surface area (Å²) in [6.45, 7) is 8.33. The van der Waals surface area contributed by atoms with Crippen LogP contribution in [0, 0.1) is 0 Å². The maximum absolute atomic E-state index is 11.4. The highest BCUT2D eigenvalue weighted by Crippen LogP contribution is 2.13. The van der Waals surface area contributed by atoms with Gasteiger partial charge in [-0.25, -0.2) is 4.98 Å². The van der Waals surface area contributed by atoms with Crippen LogP contribution < -0.4 is 0 Å². The maximum atomic E-state index is 11.4. The number of nitrogens with zero attached hydrogens (tertiary/aromatic N) is 2. The summed E-state index contributed by atoms with van der Waals surface area (Å²) in [4.78, 5) is 18.0. The molecule has 0 aliphatic rings. The molecule has 0 amide bonds. The lowest BCUT2D eigenvalue weighted by atomic mass is 10.3. The molecule has 102 valence electrons. The van der Waals surface area contributed by atoms with E-state index in [2.05, 4.69) is 17.3 Å². The van der Waals surface area contributed by atoms with Crippen LogP contribution in [0.4, 0.5) is 0 Å². The number of carbonyl (C=O) groups excluding carboxylic acids is 1. The van der Waals surface area contributed by atoms with Crippen LogP contribution in [0.15, 0.2) is 5.38 Å². The summed E-state index contributed by atoms with van der Waals surface area (Å²) in [7, 11) is 0. The lowest BCUT2D eigenvalue weighted by molar-refractivity contribution is -0.144. The van der Waals surface area contributed by atoms with E-state index in [1.807, 2.05) is 18.7 Å². The molecule has 1 aromatic rings. The molecule has 1 aromatic heterocycles. The second kappa shape index (κ2) is 8.21. The van der Waals surface area contributed by atoms with E-state index in [-0.39, 0.29) is 5.97 Å². The number of ether oxygens (including phenoxy) is 1. The molecule has 4 nitrogen and oxygen atoms in total. The number of hydrogen-bond acceptors (Lipinski definition) is 5. The Balaban J connectivity index is 2.48. The van der Waals surface area contributed by atoms with Crippen LogP contribution in [-0.2, 0) is 22.5 Å². The van der Waals surface area contributed by atoms with Gasteiger partial charge in [0.15, 0.2) is 0 Å². The van der Waals surface area contributed by atoms with E-state index in [0.717, 1.165) is 31.6 Å². The molecular formula is C13H22N2O2S. The molecule has 0 bridgehead atoms. The maximum Gasteiger partial charge on any atom is 0.320 e. The van der Waals surface area contributed by atoms with Crippen LogP contribution in [0.25, 0.3) is 0 Å². The Morgan fingerprint density at radius 2 is 2.22 bits per heavy atom. The van der Waals surface area contributed by atoms with Crippen LogP contribution >= 0.6 is 11.3 Å². The largest absolute Gasteiger partial charge is 0.465 e. The fourth-order valence-electron chi connectivity index (χ4n) is 1.65. The summed E-state index contributed by atoms with van der Waals surface area (Å²) >= 11 is 1.70. The number of carbonyl (C=O) groups is 1. The van der Waals surface area contributed by atoms with Crippen molar-refractivity contribution in [3.63, 3.8) is 0 Å². The summed E-state index contributed by atoms with van der Waals surface area (Å²) in [6.07, 6.45) is 2.15. The standard InChI is InChI=1S/C13H22N2O2S/c1-4-7-12-14-11(10-18-12)8-15(5-2)9-13(16)17-6-3/h10H,4-9H2,1-3H3. The molecule has 5 heteroatoms. The Bertz CT molecular complexity index is 366. The van der Waals surface area contributed by atoms with Gasteiger partial charge in [-0.15, -0.1) is 11.3 Å². The zero-order valence-corrected chi connectivity index (χ0v) is 12.3. The first-order valence-corrected chi connectivity index (χ1v) is 7.38. The van der Waals surface area contributed by atoms with Crippen LogP contribution in [0.1, 0.15) is 37.9 Å². The lowest BCUT2D eigenvalue weighted by Crippen LogP contribution is -2.30. The molecular weight excluding hydrogens is 248 g/mol. The number of aromatic nitrogens is 1. The molecule has 0 saturated heterocycles. The van der Waals surface area contributed by atoms with Crippen molar-refractivity contribution in [1.82, 2.24) is 9.88 Å². The van der Waals surface area contributed by atoms with Gasteiger partial charge in [0.05, 0.1) is 23.9 Å². The Hall–Kier alpha value is -0.940. The second-order valence-electron chi connectivity index (χ2n) is 4.09. The highest BCUT2D eigenvalue weighted by molar-refractivity contribution is 7.09. The third-order valence-electron chi connectivity index (χ3n) is 2.55. The topological polar surface area (TPSA) is 42.4 Å². The van der Waals surface area contributed by atoms with Crippen molar-refractivity contribution in [2.24, 2.45) is 0 Å². The minimum atomic E-state index is -0.164. The van der Waals surface area contributed by atoms with E-state index in [1.54, 1.807) is 11.3 Å². The minimum absolute atomic E-state index is 0.164. The number of rotatable bonds is 8. The van der Waals surface area contributed by atoms with E-state index >= 15 is 0 Å². The predicted molar refractivity (Wildman–Crippen MR) is 73.7 cm³/mol. The summed E-state index contributed by atoms with van der Waals surface area (Å²) in [5, 5.41) is 3.26. The van der Waals surface area contributed by atoms with Gasteiger partial charge in [0.2, 0.25) is 0 Å². The molecule has 0 spiro atoms. The fourth-order valence-corrected chi connectivity index (χ4v) is 2.54. The molecule has 1 heterocycles. The van der Waals surface area contributed by atoms with Gasteiger partial charge >= 0.3 is 5.97 Å². The summed E-state index contributed by atoms with van der Waals surface area (Å²) in [5.41, 5.74) is 1.05. The van der Waals surface area contributed by atoms with Crippen molar-refractivity contribution in [2.45, 2.75) is 40.2 Å². The van der Waals surface area contributed by atoms with E-state index < -0.39 is 0 Å². The van der Waals surface area contributed by atoms with Gasteiger partial charge in [0, 0.05) is 11.9 Å². The van der Waals surface area contributed by atoms with E-state index in [1.165, 1.54) is 5.01 Å². The van der Waals surface area contributed by atoms with E-state index in [0.29, 0.717) is 13.2 Å². The minimum Gasteiger partial charge on any atom is -0.465 e. The summed E-state index contributed by atoms with van der Waals surface area (Å²) in [6, 6.07) is 0. The van der Waals surface area contributed by atoms with Gasteiger partial charge in [0.1, 0.15) is 0 Å². The van der Waals surface area contributed by atoms with Crippen LogP contribution in [0.5, 0.6) is 0 Å². The first kappa shape index (κ1) is 15.1. The Morgan fingerprint density at radius 1 is 1.44 bits per heavy atom. The van der Waals surface area contributed by atoms with Gasteiger partial charge < -0.3 is 4.74 Å². The smallest absolute Gasteiger partial charge is 0.320 e. The van der Waals surface area contributed by atoms with Crippen LogP contribution in [0.2, 0.25) is 0 Å². The molecule has 0 aromatic carbocycles. The average molecular weight is 270 g/mol. The Kier molecular flexibility index (Phi) is 6.90. The normalized spacial score (nSPS) is 10.9. The molecule has 0 fully saturated rings. The third kappa shape index (κ3) is 5.14. The summed E-state index contributed by atoms with van der Waals surface area (Å²) < 4.78 is 4.96. The van der Waals surface area contributed by atoms with Crippen molar-refractivity contribution in [2.75, 3.05) is 19.7 Å². The van der Waals surface area contributed by atoms with Gasteiger partial charge in [0.25, 0.3) is 0 Å². The van der Waals surface area contributed by atoms with Gasteiger partial charge in [-0.05, 0) is 26.3 Å². The highest BCUT2D eigenvalue weighted by atomic mass is 32.1. The number of aryl methyl sites for hydroxylation is 1. The van der Waals surface area contributed by atoms with Crippen molar-refractivity contribution in [1.29, 1.82) is 0 Å². The first-order chi connectivity index (χ1) is 8.69. The molecule has 0 saturated carbocycles. The van der Waals surface area contributed by atoms with Gasteiger partial charge in [-0.2, -0.15) is 0 Å². The second-order valence-corrected chi connectivity index (χ2v) is 5.03. The zero-order chi connectivity index (χ0) is 13.4. The van der Waals surface area contributed by atoms with Crippen LogP contribution in [-0.4, -0.2) is 35.5 Å². The molecule has 0 radical (unpaired) electrons. The van der Waals surface area contributed by atoms with Gasteiger partial charge in [-0.1, -0.05) is 13.8 Å². The molecule has 0 aliphatic heterocycles. The Morgan fingerprint density at radius 3 is 2.83 bits per heavy atom. The molecule has 18 heavy (non-hydrogen) atoms. The monoisotopic (exact) mass is 270 g/mol. The SMILES string of the molecule is CCCc1nc(CN(CC)CC(=O)OCC)cs1. The van der Waals surface area contributed by atoms with E-state index in [4.69, 9.17) is 4.74 Å². The average Bonchev–Trinajstić information content (AvgIpc) is 2.76. The quantitative estimate of drug-likeness (QED) is 0.681. The molecule has 0 aliphatic carbocycles. The lowest BCUT2D eigenvalue weighted by Gasteiger charge is -2.17. The fraction of sp³-hybridized carbons (Fsp3) is 0.692. The number of esters is 1. The molecule has 0 N–H and O–H groups in total. The number of thiazole rings is 1. The first-order valence-electron chi connectivity index (χ1n) is 6.50. The summed E-state index contributed by atoms with van der Waals surface area (Å²) in [5.74, 6) is -0.164. The molecule has 0 atom stereocenters. The highest BCUT2D eigenvalue weighted by Gasteiger charge is 2.12. The van der Waals surface area contributed by atoms with Crippen molar-refractivity contribution in [3.05, 3.63) is 16.1 Å². The Labute approximate surface area is 113 Å². The molecule has 0 unspecified atom stereocenters. The van der Waals surface area contributed by atoms with Crippen molar-refractivity contribution >= 4 is 17.3 Å². The van der Waals surface area contributed by atoms with Crippen molar-refractivity contribution in [3.8, 4) is 0 Å². The van der Waals surface area contributed by atoms with Crippen molar-refractivity contribution < 1.29 is 9.53 Å². The molecule has 1 rings (SSSR count). The third-order valence-corrected chi connectivity index (χ3v) is 3.51. The van der Waals surface area contributed by atoms with Crippen LogP contribution in [0.3, 0.4) is 0 Å². The van der Waals surface area contributed by atoms with E-state index in [9.17, 15) is 4.79 Å². The van der Waals surface area contributed by atoms with Gasteiger partial charge in [-0.3, -0.25) is 9.69 Å². The zero-order valence-electron chi connectivity index (χ0n) is 11.4.